The van der Waals surface area contributed by atoms with Gasteiger partial charge in [0.25, 0.3) is 5.91 Å². The van der Waals surface area contributed by atoms with Gasteiger partial charge in [-0.3, -0.25) is 4.79 Å². The molecule has 2 N–H and O–H groups in total. The number of hydrogen-bond acceptors (Lipinski definition) is 4. The zero-order valence-corrected chi connectivity index (χ0v) is 12.8. The lowest BCUT2D eigenvalue weighted by Crippen LogP contribution is -2.45. The van der Waals surface area contributed by atoms with E-state index in [0.29, 0.717) is 18.9 Å². The summed E-state index contributed by atoms with van der Waals surface area (Å²) >= 11 is 0. The number of rotatable bonds is 4. The highest BCUT2D eigenvalue weighted by Crippen LogP contribution is 2.21. The number of carbonyl (C=O) groups is 1. The molecule has 1 heterocycles. The van der Waals surface area contributed by atoms with Gasteiger partial charge in [0.05, 0.1) is 18.4 Å². The normalized spacial score (nSPS) is 18.0. The van der Waals surface area contributed by atoms with Crippen LogP contribution in [0.2, 0.25) is 0 Å². The molecule has 1 fully saturated rings. The van der Waals surface area contributed by atoms with Gasteiger partial charge in [0, 0.05) is 19.2 Å². The second kappa shape index (κ2) is 8.17. The van der Waals surface area contributed by atoms with Crippen molar-refractivity contribution in [3.8, 4) is 5.75 Å². The minimum absolute atomic E-state index is 0. The first-order chi connectivity index (χ1) is 9.56. The minimum atomic E-state index is -0.588. The van der Waals surface area contributed by atoms with Gasteiger partial charge in [0.1, 0.15) is 17.7 Å². The fraction of sp³-hybridized carbons (Fsp3) is 0.500. The Morgan fingerprint density at radius 1 is 1.52 bits per heavy atom. The second-order valence-corrected chi connectivity index (χ2v) is 4.86. The molecule has 0 radical (unpaired) electrons. The van der Waals surface area contributed by atoms with Gasteiger partial charge in [0.2, 0.25) is 0 Å². The van der Waals surface area contributed by atoms with E-state index in [1.165, 1.54) is 12.1 Å². The van der Waals surface area contributed by atoms with E-state index >= 15 is 0 Å². The molecule has 1 unspecified atom stereocenters. The van der Waals surface area contributed by atoms with Crippen molar-refractivity contribution in [3.05, 3.63) is 24.0 Å². The van der Waals surface area contributed by atoms with Gasteiger partial charge in [-0.1, -0.05) is 0 Å². The highest BCUT2D eigenvalue weighted by Gasteiger charge is 2.22. The number of nitrogens with one attached hydrogen (secondary N) is 2. The molecule has 1 atom stereocenters. The summed E-state index contributed by atoms with van der Waals surface area (Å²) < 4.78 is 24.6. The van der Waals surface area contributed by atoms with Crippen LogP contribution in [0, 0.1) is 5.82 Å². The summed E-state index contributed by atoms with van der Waals surface area (Å²) in [6.07, 6.45) is -0.619. The highest BCUT2D eigenvalue weighted by molar-refractivity contribution is 5.94. The van der Waals surface area contributed by atoms with E-state index in [9.17, 15) is 9.18 Å². The molecule has 1 aliphatic heterocycles. The van der Waals surface area contributed by atoms with Crippen molar-refractivity contribution in [1.82, 2.24) is 5.32 Å². The lowest BCUT2D eigenvalue weighted by molar-refractivity contribution is -0.128. The molecular formula is C14H20ClFN2O3. The third kappa shape index (κ3) is 5.15. The van der Waals surface area contributed by atoms with Crippen LogP contribution in [0.25, 0.3) is 0 Å². The maximum absolute atomic E-state index is 13.9. The summed E-state index contributed by atoms with van der Waals surface area (Å²) in [4.78, 5) is 11.9. The largest absolute Gasteiger partial charge is 0.491 e. The Bertz CT molecular complexity index is 479. The van der Waals surface area contributed by atoms with Crippen LogP contribution in [0.3, 0.4) is 0 Å². The van der Waals surface area contributed by atoms with Crippen LogP contribution in [0.15, 0.2) is 18.2 Å². The molecule has 0 spiro atoms. The molecule has 2 rings (SSSR count). The minimum Gasteiger partial charge on any atom is -0.491 e. The Hall–Kier alpha value is -1.37. The molecule has 0 aliphatic carbocycles. The van der Waals surface area contributed by atoms with Crippen molar-refractivity contribution in [2.24, 2.45) is 0 Å². The Kier molecular flexibility index (Phi) is 6.87. The topological polar surface area (TPSA) is 59.6 Å². The van der Waals surface area contributed by atoms with Crippen molar-refractivity contribution in [2.75, 3.05) is 25.0 Å². The average Bonchev–Trinajstić information content (AvgIpc) is 2.42. The van der Waals surface area contributed by atoms with Gasteiger partial charge >= 0.3 is 0 Å². The zero-order valence-electron chi connectivity index (χ0n) is 12.0. The lowest BCUT2D eigenvalue weighted by Gasteiger charge is -2.22. The first-order valence-electron chi connectivity index (χ1n) is 6.65. The van der Waals surface area contributed by atoms with Crippen molar-refractivity contribution in [3.63, 3.8) is 0 Å². The predicted octanol–water partition coefficient (Wildman–Crippen LogP) is 1.96. The molecular weight excluding hydrogens is 299 g/mol. The quantitative estimate of drug-likeness (QED) is 0.891. The monoisotopic (exact) mass is 318 g/mol. The van der Waals surface area contributed by atoms with E-state index in [0.717, 1.165) is 6.54 Å². The zero-order chi connectivity index (χ0) is 14.5. The maximum atomic E-state index is 13.9. The van der Waals surface area contributed by atoms with Crippen LogP contribution in [-0.2, 0) is 9.53 Å². The molecule has 21 heavy (non-hydrogen) atoms. The van der Waals surface area contributed by atoms with Gasteiger partial charge in [0.15, 0.2) is 0 Å². The molecule has 1 aliphatic rings. The lowest BCUT2D eigenvalue weighted by atomic mass is 10.2. The molecule has 0 saturated carbocycles. The van der Waals surface area contributed by atoms with Crippen molar-refractivity contribution < 1.29 is 18.7 Å². The molecule has 1 saturated heterocycles. The second-order valence-electron chi connectivity index (χ2n) is 4.86. The molecule has 0 aromatic heterocycles. The first-order valence-corrected chi connectivity index (χ1v) is 6.65. The molecule has 118 valence electrons. The highest BCUT2D eigenvalue weighted by atomic mass is 35.5. The smallest absolute Gasteiger partial charge is 0.254 e. The Morgan fingerprint density at radius 3 is 2.86 bits per heavy atom. The number of anilines is 1. The SMILES string of the molecule is CC(C)Oc1ccc(NC(=O)C2CNCCO2)c(F)c1.Cl. The molecule has 1 aromatic carbocycles. The fourth-order valence-electron chi connectivity index (χ4n) is 1.89. The Morgan fingerprint density at radius 2 is 2.29 bits per heavy atom. The first kappa shape index (κ1) is 17.7. The molecule has 0 bridgehead atoms. The van der Waals surface area contributed by atoms with E-state index < -0.39 is 11.9 Å². The van der Waals surface area contributed by atoms with Gasteiger partial charge in [-0.25, -0.2) is 4.39 Å². The van der Waals surface area contributed by atoms with E-state index in [4.69, 9.17) is 9.47 Å². The predicted molar refractivity (Wildman–Crippen MR) is 80.7 cm³/mol. The number of ether oxygens (including phenoxy) is 2. The van der Waals surface area contributed by atoms with Gasteiger partial charge in [-0.15, -0.1) is 12.4 Å². The molecule has 1 aromatic rings. The number of amides is 1. The average molecular weight is 319 g/mol. The summed E-state index contributed by atoms with van der Waals surface area (Å²) in [6, 6.07) is 4.37. The molecule has 7 heteroatoms. The van der Waals surface area contributed by atoms with Crippen molar-refractivity contribution >= 4 is 24.0 Å². The van der Waals surface area contributed by atoms with Crippen LogP contribution in [-0.4, -0.2) is 37.8 Å². The maximum Gasteiger partial charge on any atom is 0.254 e. The number of carbonyl (C=O) groups excluding carboxylic acids is 1. The number of halogens is 2. The van der Waals surface area contributed by atoms with Crippen LogP contribution in [0.1, 0.15) is 13.8 Å². The Balaban J connectivity index is 0.00000220. The van der Waals surface area contributed by atoms with Gasteiger partial charge < -0.3 is 20.1 Å². The number of hydrogen-bond donors (Lipinski definition) is 2. The van der Waals surface area contributed by atoms with Gasteiger partial charge in [-0.2, -0.15) is 0 Å². The summed E-state index contributed by atoms with van der Waals surface area (Å²) in [5, 5.41) is 5.57. The third-order valence-electron chi connectivity index (χ3n) is 2.79. The van der Waals surface area contributed by atoms with E-state index in [1.807, 2.05) is 13.8 Å². The summed E-state index contributed by atoms with van der Waals surface area (Å²) in [5.74, 6) is -0.444. The number of benzene rings is 1. The van der Waals surface area contributed by atoms with Crippen LogP contribution < -0.4 is 15.4 Å². The van der Waals surface area contributed by atoms with E-state index in [2.05, 4.69) is 10.6 Å². The Labute approximate surface area is 129 Å². The summed E-state index contributed by atoms with van der Waals surface area (Å²) in [5.41, 5.74) is 0.125. The molecule has 1 amide bonds. The van der Waals surface area contributed by atoms with E-state index in [1.54, 1.807) is 6.07 Å². The van der Waals surface area contributed by atoms with Crippen molar-refractivity contribution in [1.29, 1.82) is 0 Å². The standard InChI is InChI=1S/C14H19FN2O3.ClH/c1-9(2)20-10-3-4-12(11(15)7-10)17-14(18)13-8-16-5-6-19-13;/h3-4,7,9,13,16H,5-6,8H2,1-2H3,(H,17,18);1H. The van der Waals surface area contributed by atoms with Crippen LogP contribution >= 0.6 is 12.4 Å². The van der Waals surface area contributed by atoms with Crippen molar-refractivity contribution in [2.45, 2.75) is 26.1 Å². The number of morpholine rings is 1. The van der Waals surface area contributed by atoms with Crippen LogP contribution in [0.5, 0.6) is 5.75 Å². The molecule has 5 nitrogen and oxygen atoms in total. The summed E-state index contributed by atoms with van der Waals surface area (Å²) in [7, 11) is 0. The van der Waals surface area contributed by atoms with E-state index in [-0.39, 0.29) is 30.1 Å². The van der Waals surface area contributed by atoms with Gasteiger partial charge in [-0.05, 0) is 26.0 Å². The third-order valence-corrected chi connectivity index (χ3v) is 2.79. The fourth-order valence-corrected chi connectivity index (χ4v) is 1.89. The summed E-state index contributed by atoms with van der Waals surface area (Å²) in [6.45, 7) is 5.35. The van der Waals surface area contributed by atoms with Crippen LogP contribution in [0.4, 0.5) is 10.1 Å².